The van der Waals surface area contributed by atoms with Gasteiger partial charge in [0, 0.05) is 10.0 Å². The number of fused-ring (bicyclic) bond motifs is 2. The number of aromatic nitrogens is 2. The molecule has 6 nitrogen and oxygen atoms in total. The maximum atomic E-state index is 14.5. The van der Waals surface area contributed by atoms with Crippen LogP contribution in [0, 0.1) is 0 Å². The highest BCUT2D eigenvalue weighted by Gasteiger charge is 2.31. The summed E-state index contributed by atoms with van der Waals surface area (Å²) in [6.45, 7) is 2.22. The van der Waals surface area contributed by atoms with Crippen LogP contribution in [0.25, 0.3) is 27.4 Å². The van der Waals surface area contributed by atoms with Gasteiger partial charge in [0.1, 0.15) is 11.6 Å². The minimum Gasteiger partial charge on any atom is -0.467 e. The molecule has 2 aromatic heterocycles. The number of para-hydroxylation sites is 1. The Morgan fingerprint density at radius 2 is 1.62 bits per heavy atom. The summed E-state index contributed by atoms with van der Waals surface area (Å²) in [6, 6.07) is 31.6. The molecule has 198 valence electrons. The summed E-state index contributed by atoms with van der Waals surface area (Å²) in [7, 11) is 0. The lowest BCUT2D eigenvalue weighted by atomic mass is 10.0. The van der Waals surface area contributed by atoms with Gasteiger partial charge in [-0.15, -0.1) is 0 Å². The van der Waals surface area contributed by atoms with Crippen molar-refractivity contribution < 1.29 is 9.21 Å². The second kappa shape index (κ2) is 10.9. The first-order chi connectivity index (χ1) is 19.5. The van der Waals surface area contributed by atoms with Crippen molar-refractivity contribution in [2.75, 3.05) is 0 Å². The highest BCUT2D eigenvalue weighted by molar-refractivity contribution is 9.10. The van der Waals surface area contributed by atoms with Crippen molar-refractivity contribution in [3.63, 3.8) is 0 Å². The number of furan rings is 1. The van der Waals surface area contributed by atoms with Crippen molar-refractivity contribution in [2.45, 2.75) is 25.9 Å². The molecule has 6 rings (SSSR count). The Kier molecular flexibility index (Phi) is 7.05. The third-order valence-corrected chi connectivity index (χ3v) is 7.66. The molecule has 0 aliphatic carbocycles. The van der Waals surface area contributed by atoms with E-state index >= 15 is 0 Å². The van der Waals surface area contributed by atoms with Crippen molar-refractivity contribution in [1.82, 2.24) is 14.5 Å². The van der Waals surface area contributed by atoms with Gasteiger partial charge >= 0.3 is 0 Å². The molecule has 0 saturated carbocycles. The van der Waals surface area contributed by atoms with Gasteiger partial charge in [-0.1, -0.05) is 71.4 Å². The van der Waals surface area contributed by atoms with Crippen LogP contribution in [0.2, 0.25) is 0 Å². The molecule has 40 heavy (non-hydrogen) atoms. The highest BCUT2D eigenvalue weighted by atomic mass is 79.9. The van der Waals surface area contributed by atoms with Gasteiger partial charge in [0.05, 0.1) is 35.4 Å². The molecule has 6 aromatic rings. The monoisotopic (exact) mass is 591 g/mol. The topological polar surface area (TPSA) is 68.3 Å². The summed E-state index contributed by atoms with van der Waals surface area (Å²) in [4.78, 5) is 35.3. The Bertz CT molecular complexity index is 1870. The zero-order valence-electron chi connectivity index (χ0n) is 21.8. The third kappa shape index (κ3) is 4.73. The van der Waals surface area contributed by atoms with Crippen molar-refractivity contribution in [1.29, 1.82) is 0 Å². The van der Waals surface area contributed by atoms with Crippen LogP contribution in [0.15, 0.2) is 123 Å². The van der Waals surface area contributed by atoms with Gasteiger partial charge in [-0.2, -0.15) is 0 Å². The number of halogens is 1. The number of carbonyl (C=O) groups is 1. The zero-order valence-corrected chi connectivity index (χ0v) is 23.4. The highest BCUT2D eigenvalue weighted by Crippen LogP contribution is 2.31. The largest absolute Gasteiger partial charge is 0.467 e. The molecule has 4 aromatic carbocycles. The summed E-state index contributed by atoms with van der Waals surface area (Å²) in [5.74, 6) is 0.976. The minimum atomic E-state index is -0.530. The lowest BCUT2D eigenvalue weighted by Gasteiger charge is -2.32. The van der Waals surface area contributed by atoms with Gasteiger partial charge in [0.25, 0.3) is 11.5 Å². The van der Waals surface area contributed by atoms with Crippen LogP contribution < -0.4 is 5.56 Å². The van der Waals surface area contributed by atoms with Crippen molar-refractivity contribution in [3.8, 4) is 5.69 Å². The fraction of sp³-hybridized carbons (Fsp3) is 0.121. The maximum absolute atomic E-state index is 14.5. The van der Waals surface area contributed by atoms with E-state index in [-0.39, 0.29) is 18.0 Å². The molecule has 0 N–H and O–H groups in total. The molecular weight excluding hydrogens is 566 g/mol. The Balaban J connectivity index is 1.58. The second-order valence-electron chi connectivity index (χ2n) is 9.57. The summed E-state index contributed by atoms with van der Waals surface area (Å²) in [5.41, 5.74) is 1.67. The van der Waals surface area contributed by atoms with Crippen molar-refractivity contribution >= 4 is 43.5 Å². The Labute approximate surface area is 239 Å². The predicted octanol–water partition coefficient (Wildman–Crippen LogP) is 7.69. The first-order valence-corrected chi connectivity index (χ1v) is 13.9. The first-order valence-electron chi connectivity index (χ1n) is 13.1. The SMILES string of the molecule is CCC(c1nc2ccccc2c(=O)n1-c1ccc(Br)cc1)N(Cc1ccco1)C(=O)c1cccc2ccccc12. The average molecular weight is 592 g/mol. The zero-order chi connectivity index (χ0) is 27.6. The summed E-state index contributed by atoms with van der Waals surface area (Å²) < 4.78 is 8.24. The van der Waals surface area contributed by atoms with Crippen molar-refractivity contribution in [3.05, 3.63) is 141 Å². The maximum Gasteiger partial charge on any atom is 0.266 e. The van der Waals surface area contributed by atoms with E-state index in [9.17, 15) is 9.59 Å². The minimum absolute atomic E-state index is 0.162. The van der Waals surface area contributed by atoms with Crippen molar-refractivity contribution in [2.24, 2.45) is 0 Å². The van der Waals surface area contributed by atoms with Crippen LogP contribution in [0.1, 0.15) is 41.3 Å². The van der Waals surface area contributed by atoms with Gasteiger partial charge in [-0.05, 0) is 71.8 Å². The number of carbonyl (C=O) groups excluding carboxylic acids is 1. The molecule has 2 heterocycles. The molecule has 1 atom stereocenters. The number of rotatable bonds is 7. The number of nitrogens with zero attached hydrogens (tertiary/aromatic N) is 3. The normalized spacial score (nSPS) is 12.1. The number of amides is 1. The number of hydrogen-bond donors (Lipinski definition) is 0. The van der Waals surface area contributed by atoms with Crippen LogP contribution in [0.4, 0.5) is 0 Å². The van der Waals surface area contributed by atoms with E-state index in [2.05, 4.69) is 15.9 Å². The quantitative estimate of drug-likeness (QED) is 0.191. The Hall–Kier alpha value is -4.49. The fourth-order valence-electron chi connectivity index (χ4n) is 5.22. The predicted molar refractivity (Wildman–Crippen MR) is 161 cm³/mol. The summed E-state index contributed by atoms with van der Waals surface area (Å²) in [6.07, 6.45) is 2.13. The first kappa shape index (κ1) is 25.8. The van der Waals surface area contributed by atoms with Gasteiger partial charge in [0.2, 0.25) is 0 Å². The molecule has 0 bridgehead atoms. The molecule has 0 spiro atoms. The average Bonchev–Trinajstić information content (AvgIpc) is 3.51. The fourth-order valence-corrected chi connectivity index (χ4v) is 5.48. The second-order valence-corrected chi connectivity index (χ2v) is 10.5. The van der Waals surface area contributed by atoms with E-state index < -0.39 is 6.04 Å². The Morgan fingerprint density at radius 3 is 2.38 bits per heavy atom. The lowest BCUT2D eigenvalue weighted by molar-refractivity contribution is 0.0626. The lowest BCUT2D eigenvalue weighted by Crippen LogP contribution is -2.38. The number of benzene rings is 4. The molecule has 0 fully saturated rings. The summed E-state index contributed by atoms with van der Waals surface area (Å²) >= 11 is 3.49. The molecule has 0 aliphatic rings. The molecule has 1 amide bonds. The Morgan fingerprint density at radius 1 is 0.900 bits per heavy atom. The number of hydrogen-bond acceptors (Lipinski definition) is 4. The van der Waals surface area contributed by atoms with E-state index in [1.54, 1.807) is 21.8 Å². The third-order valence-electron chi connectivity index (χ3n) is 7.13. The van der Waals surface area contributed by atoms with Crippen LogP contribution >= 0.6 is 15.9 Å². The van der Waals surface area contributed by atoms with Crippen LogP contribution in [0.3, 0.4) is 0 Å². The smallest absolute Gasteiger partial charge is 0.266 e. The standard InChI is InChI=1S/C33H26BrN3O3/c1-2-30(31-35-29-15-6-5-13-28(29)33(39)37(31)24-18-16-23(34)17-19-24)36(21-25-11-8-20-40-25)32(38)27-14-7-10-22-9-3-4-12-26(22)27/h3-20,30H,2,21H2,1H3. The van der Waals surface area contributed by atoms with Gasteiger partial charge < -0.3 is 9.32 Å². The molecule has 7 heteroatoms. The van der Waals surface area contributed by atoms with E-state index in [1.165, 1.54) is 0 Å². The molecule has 0 saturated heterocycles. The van der Waals surface area contributed by atoms with Gasteiger partial charge in [0.15, 0.2) is 0 Å². The van der Waals surface area contributed by atoms with E-state index in [1.807, 2.05) is 104 Å². The van der Waals surface area contributed by atoms with E-state index in [0.717, 1.165) is 15.2 Å². The van der Waals surface area contributed by atoms with Crippen LogP contribution in [-0.2, 0) is 6.54 Å². The summed E-state index contributed by atoms with van der Waals surface area (Å²) in [5, 5.41) is 2.36. The van der Waals surface area contributed by atoms with Crippen LogP contribution in [-0.4, -0.2) is 20.4 Å². The van der Waals surface area contributed by atoms with E-state index in [0.29, 0.717) is 40.2 Å². The molecule has 1 unspecified atom stereocenters. The van der Waals surface area contributed by atoms with Gasteiger partial charge in [-0.25, -0.2) is 4.98 Å². The van der Waals surface area contributed by atoms with E-state index in [4.69, 9.17) is 9.40 Å². The van der Waals surface area contributed by atoms with Gasteiger partial charge in [-0.3, -0.25) is 14.2 Å². The molecule has 0 radical (unpaired) electrons. The van der Waals surface area contributed by atoms with Crippen LogP contribution in [0.5, 0.6) is 0 Å². The molecular formula is C33H26BrN3O3. The molecule has 0 aliphatic heterocycles.